The summed E-state index contributed by atoms with van der Waals surface area (Å²) in [6.07, 6.45) is -2.24. The fourth-order valence-corrected chi connectivity index (χ4v) is 1.59. The summed E-state index contributed by atoms with van der Waals surface area (Å²) in [7, 11) is 0. The Morgan fingerprint density at radius 1 is 1.22 bits per heavy atom. The molecule has 110 valence electrons. The van der Waals surface area contributed by atoms with Gasteiger partial charge in [-0.25, -0.2) is 0 Å². The van der Waals surface area contributed by atoms with Crippen molar-refractivity contribution in [2.45, 2.75) is 57.7 Å². The van der Waals surface area contributed by atoms with E-state index >= 15 is 0 Å². The number of unbranched alkanes of at least 4 members (excludes halogenated alkanes) is 1. The van der Waals surface area contributed by atoms with Crippen molar-refractivity contribution in [3.8, 4) is 0 Å². The van der Waals surface area contributed by atoms with Gasteiger partial charge in [0.2, 0.25) is 5.79 Å². The average Bonchev–Trinajstić information content (AvgIpc) is 2.33. The summed E-state index contributed by atoms with van der Waals surface area (Å²) in [6, 6.07) is 0. The minimum atomic E-state index is -1.90. The summed E-state index contributed by atoms with van der Waals surface area (Å²) in [6.45, 7) is 5.93. The van der Waals surface area contributed by atoms with E-state index in [0.29, 0.717) is 6.54 Å². The van der Waals surface area contributed by atoms with Gasteiger partial charge in [-0.05, 0) is 26.8 Å². The minimum absolute atomic E-state index is 0.00815. The fourth-order valence-electron chi connectivity index (χ4n) is 1.59. The van der Waals surface area contributed by atoms with Crippen molar-refractivity contribution < 1.29 is 25.2 Å². The standard InChI is InChI=1S/C12H27NO5/c1-4-6-7-13-8-12(17,18-5-2)11(16)10(15)9(3)14/h9-11,13-17H,4-8H2,1-3H3. The molecule has 0 spiro atoms. The SMILES string of the molecule is CCCCNCC(O)(OCC)C(O)C(O)C(C)O. The van der Waals surface area contributed by atoms with Crippen LogP contribution < -0.4 is 5.32 Å². The third-order valence-corrected chi connectivity index (χ3v) is 2.76. The van der Waals surface area contributed by atoms with E-state index in [0.717, 1.165) is 12.8 Å². The average molecular weight is 265 g/mol. The molecular weight excluding hydrogens is 238 g/mol. The highest BCUT2D eigenvalue weighted by molar-refractivity contribution is 4.87. The van der Waals surface area contributed by atoms with Crippen LogP contribution >= 0.6 is 0 Å². The van der Waals surface area contributed by atoms with Crippen molar-refractivity contribution >= 4 is 0 Å². The number of aliphatic hydroxyl groups excluding tert-OH is 3. The van der Waals surface area contributed by atoms with Crippen LogP contribution in [0.1, 0.15) is 33.6 Å². The molecule has 0 radical (unpaired) electrons. The molecule has 5 N–H and O–H groups in total. The molecule has 0 heterocycles. The summed E-state index contributed by atoms with van der Waals surface area (Å²) in [5, 5.41) is 41.8. The largest absolute Gasteiger partial charge is 0.391 e. The maximum Gasteiger partial charge on any atom is 0.207 e. The smallest absolute Gasteiger partial charge is 0.207 e. The molecule has 4 unspecified atom stereocenters. The zero-order chi connectivity index (χ0) is 14.2. The summed E-state index contributed by atoms with van der Waals surface area (Å²) >= 11 is 0. The van der Waals surface area contributed by atoms with Gasteiger partial charge in [-0.3, -0.25) is 0 Å². The second kappa shape index (κ2) is 8.79. The monoisotopic (exact) mass is 265 g/mol. The van der Waals surface area contributed by atoms with Gasteiger partial charge in [0.1, 0.15) is 12.2 Å². The second-order valence-corrected chi connectivity index (χ2v) is 4.48. The Balaban J connectivity index is 4.48. The molecule has 0 bridgehead atoms. The zero-order valence-electron chi connectivity index (χ0n) is 11.5. The maximum atomic E-state index is 10.2. The Morgan fingerprint density at radius 3 is 2.28 bits per heavy atom. The van der Waals surface area contributed by atoms with Gasteiger partial charge in [-0.1, -0.05) is 13.3 Å². The van der Waals surface area contributed by atoms with E-state index in [-0.39, 0.29) is 13.2 Å². The summed E-state index contributed by atoms with van der Waals surface area (Å²) in [5.41, 5.74) is 0. The molecule has 0 amide bonds. The second-order valence-electron chi connectivity index (χ2n) is 4.48. The van der Waals surface area contributed by atoms with E-state index in [9.17, 15) is 20.4 Å². The highest BCUT2D eigenvalue weighted by Crippen LogP contribution is 2.17. The Bertz CT molecular complexity index is 215. The highest BCUT2D eigenvalue weighted by Gasteiger charge is 2.42. The van der Waals surface area contributed by atoms with Gasteiger partial charge in [0.25, 0.3) is 0 Å². The summed E-state index contributed by atoms with van der Waals surface area (Å²) in [4.78, 5) is 0. The molecule has 0 aromatic carbocycles. The first-order chi connectivity index (χ1) is 8.39. The Labute approximate surface area is 109 Å². The number of nitrogens with one attached hydrogen (secondary N) is 1. The molecule has 0 saturated carbocycles. The number of hydrogen-bond donors (Lipinski definition) is 5. The van der Waals surface area contributed by atoms with Crippen LogP contribution in [-0.2, 0) is 4.74 Å². The van der Waals surface area contributed by atoms with Gasteiger partial charge in [0.05, 0.1) is 12.6 Å². The fraction of sp³-hybridized carbons (Fsp3) is 1.00. The predicted molar refractivity (Wildman–Crippen MR) is 68.0 cm³/mol. The van der Waals surface area contributed by atoms with Crippen molar-refractivity contribution in [3.63, 3.8) is 0 Å². The topological polar surface area (TPSA) is 102 Å². The van der Waals surface area contributed by atoms with Crippen molar-refractivity contribution in [1.82, 2.24) is 5.32 Å². The molecule has 6 nitrogen and oxygen atoms in total. The first-order valence-corrected chi connectivity index (χ1v) is 6.50. The molecule has 0 aromatic heterocycles. The molecule has 0 fully saturated rings. The maximum absolute atomic E-state index is 10.2. The van der Waals surface area contributed by atoms with Crippen LogP contribution in [0.5, 0.6) is 0 Å². The molecular formula is C12H27NO5. The van der Waals surface area contributed by atoms with Crippen molar-refractivity contribution in [2.75, 3.05) is 19.7 Å². The number of ether oxygens (including phenoxy) is 1. The lowest BCUT2D eigenvalue weighted by molar-refractivity contribution is -0.275. The molecule has 0 aliphatic carbocycles. The zero-order valence-corrected chi connectivity index (χ0v) is 11.5. The lowest BCUT2D eigenvalue weighted by Crippen LogP contribution is -2.58. The third-order valence-electron chi connectivity index (χ3n) is 2.76. The van der Waals surface area contributed by atoms with E-state index in [2.05, 4.69) is 5.32 Å². The van der Waals surface area contributed by atoms with E-state index in [1.165, 1.54) is 6.92 Å². The lowest BCUT2D eigenvalue weighted by atomic mass is 10.0. The molecule has 18 heavy (non-hydrogen) atoms. The normalized spacial score (nSPS) is 20.2. The summed E-state index contributed by atoms with van der Waals surface area (Å²) < 4.78 is 5.11. The van der Waals surface area contributed by atoms with E-state index in [1.54, 1.807) is 6.92 Å². The van der Waals surface area contributed by atoms with Crippen LogP contribution in [0.3, 0.4) is 0 Å². The van der Waals surface area contributed by atoms with Gasteiger partial charge in [0, 0.05) is 6.61 Å². The van der Waals surface area contributed by atoms with Crippen LogP contribution in [0.4, 0.5) is 0 Å². The molecule has 4 atom stereocenters. The molecule has 0 aliphatic heterocycles. The first-order valence-electron chi connectivity index (χ1n) is 6.50. The highest BCUT2D eigenvalue weighted by atomic mass is 16.6. The van der Waals surface area contributed by atoms with Crippen molar-refractivity contribution in [1.29, 1.82) is 0 Å². The number of rotatable bonds is 10. The van der Waals surface area contributed by atoms with Gasteiger partial charge >= 0.3 is 0 Å². The Hall–Kier alpha value is -0.240. The Morgan fingerprint density at radius 2 is 1.83 bits per heavy atom. The quantitative estimate of drug-likeness (QED) is 0.262. The Kier molecular flexibility index (Phi) is 8.67. The minimum Gasteiger partial charge on any atom is -0.391 e. The van der Waals surface area contributed by atoms with Crippen LogP contribution in [0.25, 0.3) is 0 Å². The predicted octanol–water partition coefficient (Wildman–Crippen LogP) is -0.796. The summed E-state index contributed by atoms with van der Waals surface area (Å²) in [5.74, 6) is -1.90. The van der Waals surface area contributed by atoms with Crippen LogP contribution in [0.2, 0.25) is 0 Å². The van der Waals surface area contributed by atoms with Crippen LogP contribution in [0.15, 0.2) is 0 Å². The van der Waals surface area contributed by atoms with E-state index < -0.39 is 24.1 Å². The lowest BCUT2D eigenvalue weighted by Gasteiger charge is -2.36. The van der Waals surface area contributed by atoms with Gasteiger partial charge in [-0.15, -0.1) is 0 Å². The molecule has 0 aliphatic rings. The number of hydrogen-bond acceptors (Lipinski definition) is 6. The van der Waals surface area contributed by atoms with Crippen molar-refractivity contribution in [3.05, 3.63) is 0 Å². The van der Waals surface area contributed by atoms with Crippen LogP contribution in [-0.4, -0.2) is 64.2 Å². The van der Waals surface area contributed by atoms with Gasteiger partial charge in [0.15, 0.2) is 0 Å². The molecule has 6 heteroatoms. The van der Waals surface area contributed by atoms with E-state index in [4.69, 9.17) is 4.74 Å². The van der Waals surface area contributed by atoms with Crippen molar-refractivity contribution in [2.24, 2.45) is 0 Å². The molecule has 0 aromatic rings. The van der Waals surface area contributed by atoms with E-state index in [1.807, 2.05) is 6.92 Å². The molecule has 0 rings (SSSR count). The van der Waals surface area contributed by atoms with Gasteiger partial charge < -0.3 is 30.5 Å². The molecule has 0 saturated heterocycles. The van der Waals surface area contributed by atoms with Crippen LogP contribution in [0, 0.1) is 0 Å². The number of aliphatic hydroxyl groups is 4. The first kappa shape index (κ1) is 17.8. The third kappa shape index (κ3) is 5.60. The van der Waals surface area contributed by atoms with Gasteiger partial charge in [-0.2, -0.15) is 0 Å².